The van der Waals surface area contributed by atoms with Gasteiger partial charge >= 0.3 is 0 Å². The summed E-state index contributed by atoms with van der Waals surface area (Å²) >= 11 is 0. The van der Waals surface area contributed by atoms with Crippen molar-refractivity contribution in [2.45, 2.75) is 25.4 Å². The number of fused-ring (bicyclic) bond motifs is 1. The van der Waals surface area contributed by atoms with E-state index in [0.29, 0.717) is 6.79 Å². The van der Waals surface area contributed by atoms with Crippen LogP contribution < -0.4 is 14.8 Å². The Labute approximate surface area is 108 Å². The van der Waals surface area contributed by atoms with Crippen LogP contribution in [0.25, 0.3) is 0 Å². The minimum atomic E-state index is 0.347. The van der Waals surface area contributed by atoms with Crippen LogP contribution in [0.4, 0.5) is 0 Å². The Hall–Kier alpha value is -1.26. The topological polar surface area (TPSA) is 33.7 Å². The first kappa shape index (κ1) is 11.8. The van der Waals surface area contributed by atoms with Crippen LogP contribution in [0, 0.1) is 0 Å². The molecule has 2 aliphatic rings. The van der Waals surface area contributed by atoms with E-state index in [1.165, 1.54) is 18.4 Å². The molecule has 0 amide bonds. The van der Waals surface area contributed by atoms with E-state index < -0.39 is 0 Å². The second kappa shape index (κ2) is 5.16. The number of hydrogen-bond acceptors (Lipinski definition) is 4. The third kappa shape index (κ3) is 2.94. The normalized spacial score (nSPS) is 17.4. The smallest absolute Gasteiger partial charge is 0.231 e. The molecule has 1 aromatic rings. The van der Waals surface area contributed by atoms with Crippen molar-refractivity contribution in [2.24, 2.45) is 0 Å². The Balaban J connectivity index is 1.48. The van der Waals surface area contributed by atoms with Crippen molar-refractivity contribution in [2.75, 3.05) is 26.9 Å². The highest BCUT2D eigenvalue weighted by Crippen LogP contribution is 2.32. The molecule has 4 nitrogen and oxygen atoms in total. The van der Waals surface area contributed by atoms with Crippen molar-refractivity contribution in [3.8, 4) is 11.5 Å². The Morgan fingerprint density at radius 1 is 1.28 bits per heavy atom. The lowest BCUT2D eigenvalue weighted by Gasteiger charge is -2.17. The van der Waals surface area contributed by atoms with Crippen LogP contribution >= 0.6 is 0 Å². The zero-order chi connectivity index (χ0) is 12.4. The molecule has 1 fully saturated rings. The summed E-state index contributed by atoms with van der Waals surface area (Å²) < 4.78 is 10.7. The zero-order valence-corrected chi connectivity index (χ0v) is 10.8. The molecular weight excluding hydrogens is 228 g/mol. The maximum absolute atomic E-state index is 5.39. The summed E-state index contributed by atoms with van der Waals surface area (Å²) in [6.45, 7) is 3.44. The molecule has 1 aromatic carbocycles. The number of nitrogens with zero attached hydrogens (tertiary/aromatic N) is 1. The van der Waals surface area contributed by atoms with Crippen LogP contribution in [0.2, 0.25) is 0 Å². The molecule has 1 aliphatic carbocycles. The maximum atomic E-state index is 5.39. The largest absolute Gasteiger partial charge is 0.454 e. The van der Waals surface area contributed by atoms with Gasteiger partial charge < -0.3 is 19.7 Å². The van der Waals surface area contributed by atoms with E-state index >= 15 is 0 Å². The molecule has 0 spiro atoms. The summed E-state index contributed by atoms with van der Waals surface area (Å²) in [6, 6.07) is 6.98. The highest BCUT2D eigenvalue weighted by Gasteiger charge is 2.19. The number of rotatable bonds is 6. The van der Waals surface area contributed by atoms with Gasteiger partial charge in [-0.2, -0.15) is 0 Å². The van der Waals surface area contributed by atoms with Crippen LogP contribution in [-0.4, -0.2) is 37.9 Å². The van der Waals surface area contributed by atoms with Crippen molar-refractivity contribution in [3.63, 3.8) is 0 Å². The quantitative estimate of drug-likeness (QED) is 0.829. The molecule has 1 heterocycles. The van der Waals surface area contributed by atoms with Crippen LogP contribution in [0.5, 0.6) is 11.5 Å². The second-order valence-electron chi connectivity index (χ2n) is 5.15. The SMILES string of the molecule is CN(CCNC1CC1)Cc1ccc2c(c1)OCO2. The third-order valence-corrected chi connectivity index (χ3v) is 3.39. The highest BCUT2D eigenvalue weighted by molar-refractivity contribution is 5.44. The predicted octanol–water partition coefficient (Wildman–Crippen LogP) is 1.60. The first-order chi connectivity index (χ1) is 8.81. The Morgan fingerprint density at radius 2 is 2.11 bits per heavy atom. The average Bonchev–Trinajstić information content (AvgIpc) is 3.06. The van der Waals surface area contributed by atoms with Crippen molar-refractivity contribution in [3.05, 3.63) is 23.8 Å². The van der Waals surface area contributed by atoms with E-state index in [4.69, 9.17) is 9.47 Å². The first-order valence-corrected chi connectivity index (χ1v) is 6.62. The molecule has 0 unspecified atom stereocenters. The van der Waals surface area contributed by atoms with Gasteiger partial charge in [-0.25, -0.2) is 0 Å². The molecule has 1 N–H and O–H groups in total. The summed E-state index contributed by atoms with van der Waals surface area (Å²) in [5, 5.41) is 3.53. The number of ether oxygens (including phenoxy) is 2. The second-order valence-corrected chi connectivity index (χ2v) is 5.15. The van der Waals surface area contributed by atoms with Gasteiger partial charge in [-0.3, -0.25) is 0 Å². The van der Waals surface area contributed by atoms with Crippen molar-refractivity contribution < 1.29 is 9.47 Å². The van der Waals surface area contributed by atoms with E-state index in [1.54, 1.807) is 0 Å². The van der Waals surface area contributed by atoms with Gasteiger partial charge in [0.1, 0.15) is 0 Å². The Morgan fingerprint density at radius 3 is 2.94 bits per heavy atom. The molecule has 1 saturated carbocycles. The summed E-state index contributed by atoms with van der Waals surface area (Å²) in [7, 11) is 2.15. The van der Waals surface area contributed by atoms with E-state index in [1.807, 2.05) is 6.07 Å². The first-order valence-electron chi connectivity index (χ1n) is 6.62. The lowest BCUT2D eigenvalue weighted by molar-refractivity contribution is 0.174. The Bertz CT molecular complexity index is 418. The van der Waals surface area contributed by atoms with Gasteiger partial charge in [-0.1, -0.05) is 6.07 Å². The fraction of sp³-hybridized carbons (Fsp3) is 0.571. The fourth-order valence-corrected chi connectivity index (χ4v) is 2.18. The number of benzene rings is 1. The zero-order valence-electron chi connectivity index (χ0n) is 10.8. The van der Waals surface area contributed by atoms with Crippen LogP contribution in [-0.2, 0) is 6.54 Å². The number of likely N-dealkylation sites (N-methyl/N-ethyl adjacent to an activating group) is 1. The van der Waals surface area contributed by atoms with Gasteiger partial charge in [0.05, 0.1) is 0 Å². The molecule has 0 bridgehead atoms. The molecule has 0 saturated heterocycles. The predicted molar refractivity (Wildman–Crippen MR) is 69.9 cm³/mol. The van der Waals surface area contributed by atoms with Crippen LogP contribution in [0.1, 0.15) is 18.4 Å². The lowest BCUT2D eigenvalue weighted by atomic mass is 10.2. The maximum Gasteiger partial charge on any atom is 0.231 e. The van der Waals surface area contributed by atoms with Gasteiger partial charge in [-0.15, -0.1) is 0 Å². The highest BCUT2D eigenvalue weighted by atomic mass is 16.7. The van der Waals surface area contributed by atoms with E-state index in [2.05, 4.69) is 29.4 Å². The van der Waals surface area contributed by atoms with Gasteiger partial charge in [0.25, 0.3) is 0 Å². The molecule has 0 radical (unpaired) electrons. The molecule has 3 rings (SSSR count). The van der Waals surface area contributed by atoms with Crippen molar-refractivity contribution >= 4 is 0 Å². The summed E-state index contributed by atoms with van der Waals surface area (Å²) in [5.74, 6) is 1.73. The van der Waals surface area contributed by atoms with Gasteiger partial charge in [0, 0.05) is 25.7 Å². The van der Waals surface area contributed by atoms with Gasteiger partial charge in [0.2, 0.25) is 6.79 Å². The minimum absolute atomic E-state index is 0.347. The number of nitrogens with one attached hydrogen (secondary N) is 1. The molecular formula is C14H20N2O2. The molecule has 0 atom stereocenters. The average molecular weight is 248 g/mol. The summed E-state index contributed by atoms with van der Waals surface area (Å²) in [4.78, 5) is 2.33. The van der Waals surface area contributed by atoms with Crippen molar-refractivity contribution in [1.82, 2.24) is 10.2 Å². The minimum Gasteiger partial charge on any atom is -0.454 e. The van der Waals surface area contributed by atoms with Gasteiger partial charge in [-0.05, 0) is 37.6 Å². The number of hydrogen-bond donors (Lipinski definition) is 1. The fourth-order valence-electron chi connectivity index (χ4n) is 2.18. The molecule has 4 heteroatoms. The third-order valence-electron chi connectivity index (χ3n) is 3.39. The van der Waals surface area contributed by atoms with Gasteiger partial charge in [0.15, 0.2) is 11.5 Å². The lowest BCUT2D eigenvalue weighted by Crippen LogP contribution is -2.30. The summed E-state index contributed by atoms with van der Waals surface area (Å²) in [6.07, 6.45) is 2.71. The van der Waals surface area contributed by atoms with Crippen LogP contribution in [0.15, 0.2) is 18.2 Å². The molecule has 0 aromatic heterocycles. The summed E-state index contributed by atoms with van der Waals surface area (Å²) in [5.41, 5.74) is 1.27. The van der Waals surface area contributed by atoms with Crippen LogP contribution in [0.3, 0.4) is 0 Å². The molecule has 1 aliphatic heterocycles. The van der Waals surface area contributed by atoms with Crippen molar-refractivity contribution in [1.29, 1.82) is 0 Å². The van der Waals surface area contributed by atoms with E-state index in [-0.39, 0.29) is 0 Å². The van der Waals surface area contributed by atoms with E-state index in [0.717, 1.165) is 37.2 Å². The standard InChI is InChI=1S/C14H20N2O2/c1-16(7-6-15-12-3-4-12)9-11-2-5-13-14(8-11)18-10-17-13/h2,5,8,12,15H,3-4,6-7,9-10H2,1H3. The monoisotopic (exact) mass is 248 g/mol. The molecule has 98 valence electrons. The molecule has 18 heavy (non-hydrogen) atoms. The Kier molecular flexibility index (Phi) is 3.39. The van der Waals surface area contributed by atoms with E-state index in [9.17, 15) is 0 Å².